The van der Waals surface area contributed by atoms with E-state index in [0.29, 0.717) is 0 Å². The number of ether oxygens (including phenoxy) is 1. The van der Waals surface area contributed by atoms with E-state index in [4.69, 9.17) is 10.6 Å². The summed E-state index contributed by atoms with van der Waals surface area (Å²) >= 11 is 0. The van der Waals surface area contributed by atoms with E-state index >= 15 is 0 Å². The number of hydrogen-bond acceptors (Lipinski definition) is 6. The SMILES string of the molecule is COCC(C(=O)NN)N(C)CCS(C)(=O)=O. The standard InChI is InChI=1S/C8H19N3O4S/c1-11(4-5-16(3,13)14)7(6-15-2)8(12)10-9/h7H,4-6,9H2,1-3H3,(H,10,12). The van der Waals surface area contributed by atoms with E-state index < -0.39 is 21.8 Å². The predicted molar refractivity (Wildman–Crippen MR) is 60.3 cm³/mol. The molecule has 1 amide bonds. The molecule has 8 heteroatoms. The van der Waals surface area contributed by atoms with Crippen LogP contribution in [-0.2, 0) is 19.4 Å². The van der Waals surface area contributed by atoms with Gasteiger partial charge in [0.1, 0.15) is 15.9 Å². The Balaban J connectivity index is 4.38. The first-order valence-electron chi connectivity index (χ1n) is 4.69. The molecule has 0 aliphatic rings. The second kappa shape index (κ2) is 6.79. The zero-order valence-corrected chi connectivity index (χ0v) is 10.6. The van der Waals surface area contributed by atoms with Crippen molar-refractivity contribution in [2.45, 2.75) is 6.04 Å². The van der Waals surface area contributed by atoms with Gasteiger partial charge in [0.25, 0.3) is 5.91 Å². The van der Waals surface area contributed by atoms with Crippen LogP contribution in [0.25, 0.3) is 0 Å². The van der Waals surface area contributed by atoms with Crippen molar-refractivity contribution in [2.75, 3.05) is 39.3 Å². The van der Waals surface area contributed by atoms with E-state index in [-0.39, 0.29) is 18.9 Å². The predicted octanol–water partition coefficient (Wildman–Crippen LogP) is -2.03. The molecule has 96 valence electrons. The highest BCUT2D eigenvalue weighted by atomic mass is 32.2. The highest BCUT2D eigenvalue weighted by molar-refractivity contribution is 7.90. The van der Waals surface area contributed by atoms with Gasteiger partial charge in [-0.05, 0) is 7.05 Å². The van der Waals surface area contributed by atoms with Crippen molar-refractivity contribution in [1.29, 1.82) is 0 Å². The van der Waals surface area contributed by atoms with E-state index in [0.717, 1.165) is 6.26 Å². The number of nitrogens with zero attached hydrogens (tertiary/aromatic N) is 1. The molecule has 7 nitrogen and oxygen atoms in total. The number of nitrogens with two attached hydrogens (primary N) is 1. The van der Waals surface area contributed by atoms with Crippen molar-refractivity contribution < 1.29 is 17.9 Å². The molecular formula is C8H19N3O4S. The van der Waals surface area contributed by atoms with Crippen LogP contribution in [0, 0.1) is 0 Å². The Bertz CT molecular complexity index is 317. The van der Waals surface area contributed by atoms with Crippen LogP contribution in [0.5, 0.6) is 0 Å². The number of nitrogens with one attached hydrogen (secondary N) is 1. The highest BCUT2D eigenvalue weighted by Gasteiger charge is 2.22. The fourth-order valence-electron chi connectivity index (χ4n) is 1.12. The second-order valence-corrected chi connectivity index (χ2v) is 5.85. The number of rotatable bonds is 7. The molecule has 16 heavy (non-hydrogen) atoms. The summed E-state index contributed by atoms with van der Waals surface area (Å²) in [6.07, 6.45) is 1.15. The van der Waals surface area contributed by atoms with Crippen molar-refractivity contribution >= 4 is 15.7 Å². The molecule has 0 saturated heterocycles. The van der Waals surface area contributed by atoms with Gasteiger partial charge >= 0.3 is 0 Å². The average molecular weight is 253 g/mol. The van der Waals surface area contributed by atoms with Crippen molar-refractivity contribution in [2.24, 2.45) is 5.84 Å². The van der Waals surface area contributed by atoms with Crippen LogP contribution in [-0.4, -0.2) is 64.6 Å². The van der Waals surface area contributed by atoms with Gasteiger partial charge in [0.05, 0.1) is 12.4 Å². The normalized spacial score (nSPS) is 13.8. The molecule has 0 rings (SSSR count). The molecule has 0 saturated carbocycles. The molecule has 1 atom stereocenters. The summed E-state index contributed by atoms with van der Waals surface area (Å²) in [5, 5.41) is 0. The zero-order chi connectivity index (χ0) is 12.8. The smallest absolute Gasteiger partial charge is 0.253 e. The third kappa shape index (κ3) is 6.01. The Morgan fingerprint density at radius 3 is 2.50 bits per heavy atom. The number of carbonyl (C=O) groups is 1. The summed E-state index contributed by atoms with van der Waals surface area (Å²) in [6, 6.07) is -0.586. The first-order valence-corrected chi connectivity index (χ1v) is 6.75. The van der Waals surface area contributed by atoms with Crippen LogP contribution in [0.4, 0.5) is 0 Å². The van der Waals surface area contributed by atoms with Crippen LogP contribution in [0.15, 0.2) is 0 Å². The summed E-state index contributed by atoms with van der Waals surface area (Å²) in [5.41, 5.74) is 2.02. The van der Waals surface area contributed by atoms with E-state index in [1.807, 2.05) is 5.43 Å². The van der Waals surface area contributed by atoms with Gasteiger partial charge < -0.3 is 4.74 Å². The Labute approximate surface area is 95.8 Å². The Kier molecular flexibility index (Phi) is 6.49. The van der Waals surface area contributed by atoms with Gasteiger partial charge in [-0.25, -0.2) is 14.3 Å². The molecule has 0 aromatic rings. The number of hydrogen-bond donors (Lipinski definition) is 2. The second-order valence-electron chi connectivity index (χ2n) is 3.59. The molecular weight excluding hydrogens is 234 g/mol. The fraction of sp³-hybridized carbons (Fsp3) is 0.875. The maximum atomic E-state index is 11.4. The molecule has 0 aliphatic carbocycles. The van der Waals surface area contributed by atoms with E-state index in [2.05, 4.69) is 0 Å². The van der Waals surface area contributed by atoms with Gasteiger partial charge in [-0.3, -0.25) is 15.1 Å². The highest BCUT2D eigenvalue weighted by Crippen LogP contribution is 1.98. The topological polar surface area (TPSA) is 102 Å². The lowest BCUT2D eigenvalue weighted by atomic mass is 10.2. The number of amides is 1. The molecule has 0 spiro atoms. The van der Waals surface area contributed by atoms with Crippen LogP contribution >= 0.6 is 0 Å². The lowest BCUT2D eigenvalue weighted by molar-refractivity contribution is -0.127. The third-order valence-corrected chi connectivity index (χ3v) is 3.04. The van der Waals surface area contributed by atoms with E-state index in [1.165, 1.54) is 7.11 Å². The molecule has 0 aromatic heterocycles. The summed E-state index contributed by atoms with van der Waals surface area (Å²) in [6.45, 7) is 0.406. The van der Waals surface area contributed by atoms with Gasteiger partial charge in [-0.2, -0.15) is 0 Å². The minimum Gasteiger partial charge on any atom is -0.383 e. The molecule has 3 N–H and O–H groups in total. The lowest BCUT2D eigenvalue weighted by Gasteiger charge is -2.25. The molecule has 0 radical (unpaired) electrons. The van der Waals surface area contributed by atoms with Crippen molar-refractivity contribution in [3.63, 3.8) is 0 Å². The summed E-state index contributed by atoms with van der Waals surface area (Å²) in [7, 11) is 0.0570. The molecule has 0 heterocycles. The van der Waals surface area contributed by atoms with Crippen LogP contribution in [0.3, 0.4) is 0 Å². The molecule has 0 fully saturated rings. The maximum Gasteiger partial charge on any atom is 0.253 e. The van der Waals surface area contributed by atoms with Gasteiger partial charge in [0.15, 0.2) is 0 Å². The quantitative estimate of drug-likeness (QED) is 0.308. The molecule has 0 bridgehead atoms. The Morgan fingerprint density at radius 1 is 1.56 bits per heavy atom. The minimum absolute atomic E-state index is 0.0123. The van der Waals surface area contributed by atoms with E-state index in [1.54, 1.807) is 11.9 Å². The number of likely N-dealkylation sites (N-methyl/N-ethyl adjacent to an activating group) is 1. The Morgan fingerprint density at radius 2 is 2.12 bits per heavy atom. The number of sulfone groups is 1. The van der Waals surface area contributed by atoms with Crippen molar-refractivity contribution in [3.8, 4) is 0 Å². The van der Waals surface area contributed by atoms with Crippen molar-refractivity contribution in [3.05, 3.63) is 0 Å². The first kappa shape index (κ1) is 15.3. The van der Waals surface area contributed by atoms with Gasteiger partial charge in [0, 0.05) is 19.9 Å². The zero-order valence-electron chi connectivity index (χ0n) is 9.76. The average Bonchev–Trinajstić information content (AvgIpc) is 2.20. The molecule has 0 aliphatic heterocycles. The summed E-state index contributed by atoms with van der Waals surface area (Å²) in [4.78, 5) is 13.0. The maximum absolute atomic E-state index is 11.4. The summed E-state index contributed by atoms with van der Waals surface area (Å²) in [5.74, 6) is 4.61. The van der Waals surface area contributed by atoms with Crippen molar-refractivity contribution in [1.82, 2.24) is 10.3 Å². The molecule has 0 aromatic carbocycles. The number of methoxy groups -OCH3 is 1. The van der Waals surface area contributed by atoms with Crippen LogP contribution in [0.2, 0.25) is 0 Å². The minimum atomic E-state index is -3.05. The number of hydrazine groups is 1. The largest absolute Gasteiger partial charge is 0.383 e. The number of carbonyl (C=O) groups excluding carboxylic acids is 1. The Hall–Kier alpha value is -0.700. The van der Waals surface area contributed by atoms with Gasteiger partial charge in [-0.1, -0.05) is 0 Å². The van der Waals surface area contributed by atoms with Crippen LogP contribution < -0.4 is 11.3 Å². The molecule has 1 unspecified atom stereocenters. The van der Waals surface area contributed by atoms with Gasteiger partial charge in [0.2, 0.25) is 0 Å². The first-order chi connectivity index (χ1) is 7.31. The third-order valence-electron chi connectivity index (χ3n) is 2.12. The van der Waals surface area contributed by atoms with Gasteiger partial charge in [-0.15, -0.1) is 0 Å². The fourth-order valence-corrected chi connectivity index (χ4v) is 1.74. The lowest BCUT2D eigenvalue weighted by Crippen LogP contribution is -2.50. The summed E-state index contributed by atoms with van der Waals surface area (Å²) < 4.78 is 26.8. The van der Waals surface area contributed by atoms with Crippen LogP contribution in [0.1, 0.15) is 0 Å². The monoisotopic (exact) mass is 253 g/mol. The van der Waals surface area contributed by atoms with E-state index in [9.17, 15) is 13.2 Å².